The van der Waals surface area contributed by atoms with Crippen LogP contribution in [-0.4, -0.2) is 46.9 Å². The normalized spacial score (nSPS) is 18.0. The van der Waals surface area contributed by atoms with Crippen molar-refractivity contribution >= 4 is 5.97 Å². The Morgan fingerprint density at radius 1 is 0.591 bits per heavy atom. The standard InChI is InChI=1S/C7HF13O2/c8-2(9,1(21)22)3(10,6(15,16)17)4(11,12)5(13,14)7(18,19)20/h(H,21,22). The lowest BCUT2D eigenvalue weighted by Gasteiger charge is -2.41. The lowest BCUT2D eigenvalue weighted by molar-refractivity contribution is -0.435. The maximum Gasteiger partial charge on any atom is 0.460 e. The molecule has 1 unspecified atom stereocenters. The zero-order valence-corrected chi connectivity index (χ0v) is 9.27. The van der Waals surface area contributed by atoms with E-state index >= 15 is 0 Å². The molecule has 0 spiro atoms. The van der Waals surface area contributed by atoms with Gasteiger partial charge in [0.2, 0.25) is 0 Å². The van der Waals surface area contributed by atoms with E-state index in [0.29, 0.717) is 0 Å². The Hall–Kier alpha value is -1.44. The van der Waals surface area contributed by atoms with Crippen LogP contribution in [0.5, 0.6) is 0 Å². The van der Waals surface area contributed by atoms with Crippen LogP contribution in [0.25, 0.3) is 0 Å². The molecule has 0 aromatic heterocycles. The molecule has 0 saturated carbocycles. The number of aliphatic carboxylic acids is 1. The van der Waals surface area contributed by atoms with E-state index in [9.17, 15) is 61.9 Å². The Morgan fingerprint density at radius 3 is 1.09 bits per heavy atom. The fourth-order valence-electron chi connectivity index (χ4n) is 1.09. The summed E-state index contributed by atoms with van der Waals surface area (Å²) < 4.78 is 160. The van der Waals surface area contributed by atoms with Gasteiger partial charge in [0, 0.05) is 0 Å². The van der Waals surface area contributed by atoms with Crippen molar-refractivity contribution in [3.63, 3.8) is 0 Å². The van der Waals surface area contributed by atoms with E-state index in [0.717, 1.165) is 0 Å². The third-order valence-electron chi connectivity index (χ3n) is 2.27. The SMILES string of the molecule is O=C(O)C(F)(F)C(F)(C(F)(F)F)C(F)(F)C(F)(F)C(F)(F)F. The molecule has 132 valence electrons. The molecule has 0 aliphatic carbocycles. The van der Waals surface area contributed by atoms with Gasteiger partial charge < -0.3 is 5.11 Å². The molecule has 0 aliphatic heterocycles. The molecule has 1 atom stereocenters. The highest BCUT2D eigenvalue weighted by Crippen LogP contribution is 2.61. The van der Waals surface area contributed by atoms with Gasteiger partial charge in [0.05, 0.1) is 0 Å². The number of carboxylic acid groups (broad SMARTS) is 1. The van der Waals surface area contributed by atoms with Crippen LogP contribution in [0, 0.1) is 0 Å². The molecule has 0 rings (SSSR count). The van der Waals surface area contributed by atoms with Crippen LogP contribution in [0.1, 0.15) is 0 Å². The smallest absolute Gasteiger partial charge is 0.460 e. The van der Waals surface area contributed by atoms with Crippen molar-refractivity contribution in [2.75, 3.05) is 0 Å². The van der Waals surface area contributed by atoms with Crippen LogP contribution < -0.4 is 0 Å². The Labute approximate surface area is 110 Å². The summed E-state index contributed by atoms with van der Waals surface area (Å²) in [5.41, 5.74) is -8.04. The summed E-state index contributed by atoms with van der Waals surface area (Å²) in [5.74, 6) is -27.8. The highest BCUT2D eigenvalue weighted by molar-refractivity contribution is 5.78. The number of hydrogen-bond donors (Lipinski definition) is 1. The van der Waals surface area contributed by atoms with Gasteiger partial charge in [-0.05, 0) is 0 Å². The van der Waals surface area contributed by atoms with Crippen molar-refractivity contribution in [2.45, 2.75) is 35.8 Å². The Kier molecular flexibility index (Phi) is 4.46. The van der Waals surface area contributed by atoms with Crippen LogP contribution in [0.15, 0.2) is 0 Å². The van der Waals surface area contributed by atoms with Crippen molar-refractivity contribution in [3.05, 3.63) is 0 Å². The first kappa shape index (κ1) is 20.6. The van der Waals surface area contributed by atoms with Gasteiger partial charge in [0.15, 0.2) is 0 Å². The van der Waals surface area contributed by atoms with Crippen molar-refractivity contribution in [1.82, 2.24) is 0 Å². The quantitative estimate of drug-likeness (QED) is 0.771. The minimum atomic E-state index is -8.20. The molecule has 0 saturated heterocycles. The van der Waals surface area contributed by atoms with E-state index in [2.05, 4.69) is 0 Å². The van der Waals surface area contributed by atoms with Gasteiger partial charge in [-0.15, -0.1) is 0 Å². The highest BCUT2D eigenvalue weighted by Gasteiger charge is 2.94. The van der Waals surface area contributed by atoms with E-state index in [4.69, 9.17) is 5.11 Å². The fraction of sp³-hybridized carbons (Fsp3) is 0.857. The Balaban J connectivity index is 6.70. The first-order valence-electron chi connectivity index (χ1n) is 4.38. The predicted molar refractivity (Wildman–Crippen MR) is 38.4 cm³/mol. The minimum Gasteiger partial charge on any atom is -0.477 e. The van der Waals surface area contributed by atoms with E-state index in [1.807, 2.05) is 0 Å². The molecule has 1 N–H and O–H groups in total. The second-order valence-electron chi connectivity index (χ2n) is 3.68. The molecule has 15 heteroatoms. The summed E-state index contributed by atoms with van der Waals surface area (Å²) in [6, 6.07) is 0. The molecule has 2 nitrogen and oxygen atoms in total. The third kappa shape index (κ3) is 2.33. The predicted octanol–water partition coefficient (Wildman–Crippen LogP) is 3.81. The van der Waals surface area contributed by atoms with Gasteiger partial charge in [0.1, 0.15) is 0 Å². The van der Waals surface area contributed by atoms with Crippen molar-refractivity contribution < 1.29 is 67.0 Å². The summed E-state index contributed by atoms with van der Waals surface area (Å²) in [6.07, 6.45) is -15.4. The monoisotopic (exact) mass is 364 g/mol. The topological polar surface area (TPSA) is 37.3 Å². The van der Waals surface area contributed by atoms with Gasteiger partial charge >= 0.3 is 41.8 Å². The maximum absolute atomic E-state index is 13.1. The van der Waals surface area contributed by atoms with Gasteiger partial charge in [-0.3, -0.25) is 0 Å². The van der Waals surface area contributed by atoms with Crippen LogP contribution in [0.2, 0.25) is 0 Å². The van der Waals surface area contributed by atoms with Crippen LogP contribution in [-0.2, 0) is 4.79 Å². The maximum atomic E-state index is 13.1. The third-order valence-corrected chi connectivity index (χ3v) is 2.27. The van der Waals surface area contributed by atoms with E-state index in [-0.39, 0.29) is 0 Å². The Bertz CT molecular complexity index is 446. The van der Waals surface area contributed by atoms with Crippen LogP contribution in [0.3, 0.4) is 0 Å². The van der Waals surface area contributed by atoms with E-state index in [1.54, 1.807) is 0 Å². The number of carboxylic acids is 1. The highest BCUT2D eigenvalue weighted by atomic mass is 19.4. The lowest BCUT2D eigenvalue weighted by Crippen LogP contribution is -2.75. The fourth-order valence-corrected chi connectivity index (χ4v) is 1.09. The minimum absolute atomic E-state index is 4.33. The van der Waals surface area contributed by atoms with Crippen LogP contribution >= 0.6 is 0 Å². The summed E-state index contributed by atoms with van der Waals surface area (Å²) in [5, 5.41) is 7.62. The number of carbonyl (C=O) groups is 1. The largest absolute Gasteiger partial charge is 0.477 e. The van der Waals surface area contributed by atoms with E-state index < -0.39 is 41.8 Å². The van der Waals surface area contributed by atoms with Gasteiger partial charge in [-0.2, -0.15) is 52.7 Å². The summed E-state index contributed by atoms with van der Waals surface area (Å²) in [4.78, 5) is 9.79. The lowest BCUT2D eigenvalue weighted by atomic mass is 9.85. The molecular weight excluding hydrogens is 363 g/mol. The average molecular weight is 364 g/mol. The molecule has 0 amide bonds. The van der Waals surface area contributed by atoms with Crippen molar-refractivity contribution in [2.24, 2.45) is 0 Å². The van der Waals surface area contributed by atoms with Gasteiger partial charge in [-0.1, -0.05) is 0 Å². The molecule has 0 aromatic carbocycles. The second-order valence-corrected chi connectivity index (χ2v) is 3.68. The number of alkyl halides is 13. The molecule has 0 aliphatic rings. The first-order valence-corrected chi connectivity index (χ1v) is 4.38. The zero-order valence-electron chi connectivity index (χ0n) is 9.27. The summed E-state index contributed by atoms with van der Waals surface area (Å²) >= 11 is 0. The average Bonchev–Trinajstić information content (AvgIpc) is 2.23. The molecule has 0 fully saturated rings. The number of halogens is 13. The molecule has 0 radical (unpaired) electrons. The molecule has 0 heterocycles. The van der Waals surface area contributed by atoms with Crippen LogP contribution in [0.4, 0.5) is 57.1 Å². The number of hydrogen-bond acceptors (Lipinski definition) is 1. The molecule has 0 aromatic rings. The van der Waals surface area contributed by atoms with Gasteiger partial charge in [0.25, 0.3) is 0 Å². The molecule has 22 heavy (non-hydrogen) atoms. The molecular formula is C7HF13O2. The Morgan fingerprint density at radius 2 is 0.909 bits per heavy atom. The molecule has 0 bridgehead atoms. The van der Waals surface area contributed by atoms with Crippen molar-refractivity contribution in [3.8, 4) is 0 Å². The summed E-state index contributed by atoms with van der Waals surface area (Å²) in [7, 11) is 0. The second kappa shape index (κ2) is 4.78. The van der Waals surface area contributed by atoms with Gasteiger partial charge in [-0.25, -0.2) is 9.18 Å². The summed E-state index contributed by atoms with van der Waals surface area (Å²) in [6.45, 7) is 0. The van der Waals surface area contributed by atoms with Crippen molar-refractivity contribution in [1.29, 1.82) is 0 Å². The first-order chi connectivity index (χ1) is 9.19. The van der Waals surface area contributed by atoms with E-state index in [1.165, 1.54) is 0 Å². The number of rotatable bonds is 4. The zero-order chi connectivity index (χ0) is 18.6.